The van der Waals surface area contributed by atoms with Gasteiger partial charge in [-0.05, 0) is 55.4 Å². The first-order valence-corrected chi connectivity index (χ1v) is 7.46. The van der Waals surface area contributed by atoms with Gasteiger partial charge < -0.3 is 15.2 Å². The molecule has 0 bridgehead atoms. The highest BCUT2D eigenvalue weighted by atomic mass is 16.5. The Morgan fingerprint density at radius 2 is 2.21 bits per heavy atom. The van der Waals surface area contributed by atoms with Crippen LogP contribution in [0.25, 0.3) is 0 Å². The van der Waals surface area contributed by atoms with Gasteiger partial charge in [-0.15, -0.1) is 0 Å². The molecular weight excluding hydrogens is 238 g/mol. The summed E-state index contributed by atoms with van der Waals surface area (Å²) in [4.78, 5) is 0. The van der Waals surface area contributed by atoms with Crippen molar-refractivity contribution < 1.29 is 9.47 Å². The monoisotopic (exact) mass is 261 g/mol. The molecule has 2 atom stereocenters. The van der Waals surface area contributed by atoms with Crippen LogP contribution in [0.15, 0.2) is 18.2 Å². The van der Waals surface area contributed by atoms with Gasteiger partial charge in [-0.25, -0.2) is 0 Å². The van der Waals surface area contributed by atoms with E-state index in [2.05, 4.69) is 18.2 Å². The van der Waals surface area contributed by atoms with Crippen LogP contribution in [-0.2, 0) is 11.2 Å². The fourth-order valence-electron chi connectivity index (χ4n) is 3.08. The minimum absolute atomic E-state index is 0.186. The Bertz CT molecular complexity index is 427. The van der Waals surface area contributed by atoms with E-state index in [0.717, 1.165) is 38.2 Å². The van der Waals surface area contributed by atoms with Gasteiger partial charge in [0.1, 0.15) is 5.75 Å². The lowest BCUT2D eigenvalue weighted by atomic mass is 9.88. The summed E-state index contributed by atoms with van der Waals surface area (Å²) in [6.07, 6.45) is 7.21. The molecule has 1 fully saturated rings. The SMILES string of the molecule is N[C@H]1CCCc2ccc(OCCC3CCCO3)cc21. The number of hydrogen-bond donors (Lipinski definition) is 1. The van der Waals surface area contributed by atoms with Crippen LogP contribution in [0.2, 0.25) is 0 Å². The number of nitrogens with two attached hydrogens (primary N) is 1. The van der Waals surface area contributed by atoms with Crippen LogP contribution in [0.5, 0.6) is 5.75 Å². The molecule has 2 aliphatic rings. The van der Waals surface area contributed by atoms with Crippen LogP contribution >= 0.6 is 0 Å². The zero-order valence-corrected chi connectivity index (χ0v) is 11.4. The van der Waals surface area contributed by atoms with Gasteiger partial charge in [-0.3, -0.25) is 0 Å². The summed E-state index contributed by atoms with van der Waals surface area (Å²) < 4.78 is 11.4. The van der Waals surface area contributed by atoms with E-state index < -0.39 is 0 Å². The summed E-state index contributed by atoms with van der Waals surface area (Å²) in [5.41, 5.74) is 8.84. The Balaban J connectivity index is 1.57. The molecule has 0 aromatic heterocycles. The summed E-state index contributed by atoms with van der Waals surface area (Å²) in [5, 5.41) is 0. The van der Waals surface area contributed by atoms with Crippen molar-refractivity contribution in [3.8, 4) is 5.75 Å². The highest BCUT2D eigenvalue weighted by Crippen LogP contribution is 2.31. The van der Waals surface area contributed by atoms with E-state index >= 15 is 0 Å². The molecule has 0 amide bonds. The van der Waals surface area contributed by atoms with Crippen LogP contribution in [0.3, 0.4) is 0 Å². The second-order valence-corrected chi connectivity index (χ2v) is 5.63. The summed E-state index contributed by atoms with van der Waals surface area (Å²) in [6.45, 7) is 1.65. The first-order chi connectivity index (χ1) is 9.33. The van der Waals surface area contributed by atoms with Gasteiger partial charge in [0.25, 0.3) is 0 Å². The number of hydrogen-bond acceptors (Lipinski definition) is 3. The lowest BCUT2D eigenvalue weighted by molar-refractivity contribution is 0.0903. The van der Waals surface area contributed by atoms with Crippen molar-refractivity contribution >= 4 is 0 Å². The Hall–Kier alpha value is -1.06. The van der Waals surface area contributed by atoms with Crippen molar-refractivity contribution in [2.45, 2.75) is 50.7 Å². The molecule has 0 spiro atoms. The fourth-order valence-corrected chi connectivity index (χ4v) is 3.08. The lowest BCUT2D eigenvalue weighted by Crippen LogP contribution is -2.17. The summed E-state index contributed by atoms with van der Waals surface area (Å²) in [7, 11) is 0. The summed E-state index contributed by atoms with van der Waals surface area (Å²) in [6, 6.07) is 6.57. The molecule has 0 saturated carbocycles. The average Bonchev–Trinajstić information content (AvgIpc) is 2.93. The molecule has 3 rings (SSSR count). The minimum Gasteiger partial charge on any atom is -0.493 e. The molecule has 1 aromatic rings. The van der Waals surface area contributed by atoms with Crippen LogP contribution in [0.1, 0.15) is 49.3 Å². The van der Waals surface area contributed by atoms with Crippen LogP contribution in [0.4, 0.5) is 0 Å². The van der Waals surface area contributed by atoms with E-state index in [1.165, 1.54) is 30.4 Å². The van der Waals surface area contributed by atoms with Gasteiger partial charge in [0.2, 0.25) is 0 Å². The van der Waals surface area contributed by atoms with Gasteiger partial charge in [-0.1, -0.05) is 6.07 Å². The van der Waals surface area contributed by atoms with E-state index in [4.69, 9.17) is 15.2 Å². The Labute approximate surface area is 115 Å². The Morgan fingerprint density at radius 1 is 1.26 bits per heavy atom. The fraction of sp³-hybridized carbons (Fsp3) is 0.625. The average molecular weight is 261 g/mol. The van der Waals surface area contributed by atoms with Gasteiger partial charge in [-0.2, -0.15) is 0 Å². The molecule has 104 valence electrons. The number of ether oxygens (including phenoxy) is 2. The van der Waals surface area contributed by atoms with Gasteiger partial charge in [0, 0.05) is 19.1 Å². The third kappa shape index (κ3) is 3.10. The third-order valence-corrected chi connectivity index (χ3v) is 4.21. The molecular formula is C16H23NO2. The number of rotatable bonds is 4. The Morgan fingerprint density at radius 3 is 3.05 bits per heavy atom. The lowest BCUT2D eigenvalue weighted by Gasteiger charge is -2.23. The van der Waals surface area contributed by atoms with Crippen molar-refractivity contribution in [3.05, 3.63) is 29.3 Å². The molecule has 19 heavy (non-hydrogen) atoms. The van der Waals surface area contributed by atoms with Crippen LogP contribution < -0.4 is 10.5 Å². The maximum Gasteiger partial charge on any atom is 0.119 e. The normalized spacial score (nSPS) is 26.2. The van der Waals surface area contributed by atoms with Crippen LogP contribution in [0, 0.1) is 0 Å². The van der Waals surface area contributed by atoms with Crippen molar-refractivity contribution in [2.75, 3.05) is 13.2 Å². The Kier molecular flexibility index (Phi) is 4.04. The number of benzene rings is 1. The van der Waals surface area contributed by atoms with Crippen molar-refractivity contribution in [1.82, 2.24) is 0 Å². The van der Waals surface area contributed by atoms with Gasteiger partial charge in [0.15, 0.2) is 0 Å². The first-order valence-electron chi connectivity index (χ1n) is 7.46. The van der Waals surface area contributed by atoms with Crippen molar-refractivity contribution in [2.24, 2.45) is 5.73 Å². The highest BCUT2D eigenvalue weighted by Gasteiger charge is 2.18. The predicted molar refractivity (Wildman–Crippen MR) is 75.4 cm³/mol. The topological polar surface area (TPSA) is 44.5 Å². The molecule has 1 aliphatic heterocycles. The molecule has 1 heterocycles. The molecule has 1 saturated heterocycles. The summed E-state index contributed by atoms with van der Waals surface area (Å²) in [5.74, 6) is 0.953. The molecule has 1 aromatic carbocycles. The molecule has 0 radical (unpaired) electrons. The first kappa shape index (κ1) is 12.9. The standard InChI is InChI=1S/C16H23NO2/c17-16-5-1-3-12-6-7-14(11-15(12)16)19-10-8-13-4-2-9-18-13/h6-7,11,13,16H,1-5,8-10,17H2/t13?,16-/m0/s1. The zero-order chi connectivity index (χ0) is 13.1. The molecule has 2 N–H and O–H groups in total. The third-order valence-electron chi connectivity index (χ3n) is 4.21. The number of fused-ring (bicyclic) bond motifs is 1. The smallest absolute Gasteiger partial charge is 0.119 e. The zero-order valence-electron chi connectivity index (χ0n) is 11.4. The van der Waals surface area contributed by atoms with Crippen molar-refractivity contribution in [3.63, 3.8) is 0 Å². The maximum absolute atomic E-state index is 6.17. The van der Waals surface area contributed by atoms with E-state index in [0.29, 0.717) is 6.10 Å². The van der Waals surface area contributed by atoms with Gasteiger partial charge >= 0.3 is 0 Å². The molecule has 3 heteroatoms. The second kappa shape index (κ2) is 5.93. The number of aryl methyl sites for hydroxylation is 1. The predicted octanol–water partition coefficient (Wildman–Crippen LogP) is 2.97. The van der Waals surface area contributed by atoms with Gasteiger partial charge in [0.05, 0.1) is 12.7 Å². The second-order valence-electron chi connectivity index (χ2n) is 5.63. The minimum atomic E-state index is 0.186. The maximum atomic E-state index is 6.17. The quantitative estimate of drug-likeness (QED) is 0.906. The molecule has 1 aliphatic carbocycles. The van der Waals surface area contributed by atoms with E-state index in [9.17, 15) is 0 Å². The summed E-state index contributed by atoms with van der Waals surface area (Å²) >= 11 is 0. The largest absolute Gasteiger partial charge is 0.493 e. The van der Waals surface area contributed by atoms with E-state index in [1.54, 1.807) is 0 Å². The van der Waals surface area contributed by atoms with E-state index in [-0.39, 0.29) is 6.04 Å². The van der Waals surface area contributed by atoms with Crippen molar-refractivity contribution in [1.29, 1.82) is 0 Å². The van der Waals surface area contributed by atoms with E-state index in [1.807, 2.05) is 0 Å². The van der Waals surface area contributed by atoms with Crippen LogP contribution in [-0.4, -0.2) is 19.3 Å². The molecule has 1 unspecified atom stereocenters. The highest BCUT2D eigenvalue weighted by molar-refractivity contribution is 5.39. The molecule has 3 nitrogen and oxygen atoms in total.